The number of hydrogen-bond donors (Lipinski definition) is 2. The van der Waals surface area contributed by atoms with Gasteiger partial charge in [0.25, 0.3) is 0 Å². The molecule has 0 unspecified atom stereocenters. The van der Waals surface area contributed by atoms with Gasteiger partial charge in [-0.1, -0.05) is 42.7 Å². The minimum atomic E-state index is -1.01. The van der Waals surface area contributed by atoms with Crippen LogP contribution in [0, 0.1) is 17.8 Å². The average Bonchev–Trinajstić information content (AvgIpc) is 3.51. The Hall–Kier alpha value is -2.43. The number of phenolic OH excluding ortho intramolecular Hbond substituents is 1. The average molecular weight is 584 g/mol. The fourth-order valence-corrected chi connectivity index (χ4v) is 7.53. The van der Waals surface area contributed by atoms with E-state index in [-0.39, 0.29) is 42.5 Å². The van der Waals surface area contributed by atoms with Crippen molar-refractivity contribution in [3.8, 4) is 5.75 Å². The second kappa shape index (κ2) is 12.6. The molecule has 2 aliphatic heterocycles. The molecular formula is C30H35BClNO6S. The lowest BCUT2D eigenvalue weighted by Gasteiger charge is -2.43. The Bertz CT molecular complexity index is 1310. The normalized spacial score (nSPS) is 25.1. The molecule has 4 atom stereocenters. The van der Waals surface area contributed by atoms with E-state index in [9.17, 15) is 19.7 Å². The van der Waals surface area contributed by atoms with Crippen LogP contribution in [-0.4, -0.2) is 53.8 Å². The number of thiophene rings is 1. The smallest absolute Gasteiger partial charge is 0.455 e. The number of hydrogen-bond acceptors (Lipinski definition) is 7. The number of likely N-dealkylation sites (tertiary alicyclic amines) is 1. The van der Waals surface area contributed by atoms with Gasteiger partial charge < -0.3 is 19.5 Å². The highest BCUT2D eigenvalue weighted by molar-refractivity contribution is 7.09. The van der Waals surface area contributed by atoms with Gasteiger partial charge in [0.15, 0.2) is 0 Å². The van der Waals surface area contributed by atoms with Crippen molar-refractivity contribution in [3.63, 3.8) is 0 Å². The molecule has 0 radical (unpaired) electrons. The number of allylic oxidation sites excluding steroid dienone is 1. The van der Waals surface area contributed by atoms with Crippen LogP contribution in [0.3, 0.4) is 0 Å². The lowest BCUT2D eigenvalue weighted by Crippen LogP contribution is -2.46. The Balaban J connectivity index is 1.41. The summed E-state index contributed by atoms with van der Waals surface area (Å²) in [6.45, 7) is 2.77. The van der Waals surface area contributed by atoms with Crippen LogP contribution in [-0.2, 0) is 25.5 Å². The van der Waals surface area contributed by atoms with E-state index >= 15 is 0 Å². The molecule has 0 spiro atoms. The Morgan fingerprint density at radius 3 is 2.77 bits per heavy atom. The summed E-state index contributed by atoms with van der Waals surface area (Å²) in [7, 11) is 0.622. The van der Waals surface area contributed by atoms with Gasteiger partial charge in [-0.3, -0.25) is 14.5 Å². The van der Waals surface area contributed by atoms with Gasteiger partial charge >= 0.3 is 7.12 Å². The summed E-state index contributed by atoms with van der Waals surface area (Å²) in [5.41, 5.74) is 4.05. The number of carbonyl (C=O) groups excluding carboxylic acids is 2. The van der Waals surface area contributed by atoms with Crippen LogP contribution in [0.2, 0.25) is 11.3 Å². The van der Waals surface area contributed by atoms with E-state index in [0.717, 1.165) is 34.4 Å². The molecule has 5 rings (SSSR count). The number of nitrogens with zero attached hydrogens (tertiary/aromatic N) is 1. The molecule has 0 saturated carbocycles. The number of phenols is 1. The van der Waals surface area contributed by atoms with Crippen molar-refractivity contribution in [2.24, 2.45) is 17.8 Å². The molecule has 0 bridgehead atoms. The number of ether oxygens (including phenoxy) is 1. The highest BCUT2D eigenvalue weighted by atomic mass is 35.5. The first-order valence-electron chi connectivity index (χ1n) is 13.9. The van der Waals surface area contributed by atoms with Crippen LogP contribution in [0.15, 0.2) is 52.4 Å². The zero-order valence-corrected chi connectivity index (χ0v) is 24.4. The largest absolute Gasteiger partial charge is 0.508 e. The molecule has 3 aliphatic rings. The highest BCUT2D eigenvalue weighted by Crippen LogP contribution is 2.51. The summed E-state index contributed by atoms with van der Waals surface area (Å²) in [6, 6.07) is 8.81. The van der Waals surface area contributed by atoms with Crippen LogP contribution < -0.4 is 0 Å². The van der Waals surface area contributed by atoms with Crippen molar-refractivity contribution < 1.29 is 29.1 Å². The number of methoxy groups -OCH3 is 1. The Morgan fingerprint density at radius 2 is 2.08 bits per heavy atom. The topological polar surface area (TPSA) is 96.3 Å². The molecular weight excluding hydrogens is 549 g/mol. The van der Waals surface area contributed by atoms with E-state index in [1.165, 1.54) is 27.9 Å². The van der Waals surface area contributed by atoms with E-state index in [4.69, 9.17) is 21.0 Å². The van der Waals surface area contributed by atoms with Crippen molar-refractivity contribution >= 4 is 47.9 Å². The lowest BCUT2D eigenvalue weighted by molar-refractivity contribution is -0.140. The SMILES string of the molecule is CCC/C(=C\c1ccc(O)cc1Cl)CC[C@H]1OB(O)C[C@H]2C1=C(COC)C[C@H]1C(=O)N(Cc3cccs3)C(=O)[C@H]12. The van der Waals surface area contributed by atoms with E-state index in [1.54, 1.807) is 19.2 Å². The fraction of sp³-hybridized carbons (Fsp3) is 0.467. The molecule has 2 saturated heterocycles. The number of halogens is 1. The standard InChI is InChI=1S/C30H35BClNO6S/c1-3-5-18(12-19-8-9-21(34)14-25(19)32)7-10-26-27-20(17-38-2)13-23-28(24(27)15-31(37)39-26)30(36)33(29(23)35)16-22-6-4-11-40-22/h4,6,8-9,11-12,14,23-24,26,28,34,37H,3,5,7,10,13,15-17H2,1-2H3/b18-12+/t23-,24+,26-,28-/m1/s1. The second-order valence-corrected chi connectivity index (χ2v) is 12.3. The quantitative estimate of drug-likeness (QED) is 0.211. The Morgan fingerprint density at radius 1 is 1.25 bits per heavy atom. The third-order valence-corrected chi connectivity index (χ3v) is 9.44. The first kappa shape index (κ1) is 29.1. The first-order chi connectivity index (χ1) is 19.3. The highest BCUT2D eigenvalue weighted by Gasteiger charge is 2.57. The Kier molecular flexibility index (Phi) is 9.17. The van der Waals surface area contributed by atoms with Gasteiger partial charge in [0, 0.05) is 12.0 Å². The van der Waals surface area contributed by atoms with Gasteiger partial charge in [0.05, 0.1) is 36.1 Å². The summed E-state index contributed by atoms with van der Waals surface area (Å²) in [4.78, 5) is 29.6. The van der Waals surface area contributed by atoms with Gasteiger partial charge in [-0.2, -0.15) is 0 Å². The Labute approximate surface area is 244 Å². The van der Waals surface area contributed by atoms with Crippen LogP contribution in [0.1, 0.15) is 49.5 Å². The molecule has 10 heteroatoms. The van der Waals surface area contributed by atoms with Crippen molar-refractivity contribution in [1.29, 1.82) is 0 Å². The van der Waals surface area contributed by atoms with Gasteiger partial charge in [-0.05, 0) is 84.3 Å². The van der Waals surface area contributed by atoms with Crippen molar-refractivity contribution in [1.82, 2.24) is 4.90 Å². The van der Waals surface area contributed by atoms with Crippen LogP contribution in [0.5, 0.6) is 5.75 Å². The van der Waals surface area contributed by atoms with Crippen molar-refractivity contribution in [2.75, 3.05) is 13.7 Å². The number of fused-ring (bicyclic) bond motifs is 3. The molecule has 7 nitrogen and oxygen atoms in total. The minimum absolute atomic E-state index is 0.122. The van der Waals surface area contributed by atoms with E-state index in [1.807, 2.05) is 17.5 Å². The number of carbonyl (C=O) groups is 2. The molecule has 2 fully saturated rings. The monoisotopic (exact) mass is 583 g/mol. The summed E-state index contributed by atoms with van der Waals surface area (Å²) >= 11 is 7.91. The maximum atomic E-state index is 13.7. The zero-order valence-electron chi connectivity index (χ0n) is 22.8. The van der Waals surface area contributed by atoms with Crippen LogP contribution in [0.25, 0.3) is 6.08 Å². The number of amides is 2. The van der Waals surface area contributed by atoms with E-state index < -0.39 is 19.0 Å². The molecule has 2 amide bonds. The van der Waals surface area contributed by atoms with Gasteiger partial charge in [-0.15, -0.1) is 11.3 Å². The molecule has 3 heterocycles. The number of imide groups is 1. The molecule has 1 aromatic heterocycles. The summed E-state index contributed by atoms with van der Waals surface area (Å²) in [5.74, 6) is -1.36. The van der Waals surface area contributed by atoms with Gasteiger partial charge in [0.1, 0.15) is 5.75 Å². The number of aromatic hydroxyl groups is 1. The second-order valence-electron chi connectivity index (χ2n) is 10.9. The van der Waals surface area contributed by atoms with Crippen molar-refractivity contribution in [3.05, 3.63) is 67.9 Å². The number of rotatable bonds is 10. The van der Waals surface area contributed by atoms with Gasteiger partial charge in [0.2, 0.25) is 11.8 Å². The summed E-state index contributed by atoms with van der Waals surface area (Å²) in [6.07, 6.45) is 5.58. The van der Waals surface area contributed by atoms with Crippen LogP contribution in [0.4, 0.5) is 0 Å². The summed E-state index contributed by atoms with van der Waals surface area (Å²) in [5, 5.41) is 23.0. The van der Waals surface area contributed by atoms with Crippen LogP contribution >= 0.6 is 22.9 Å². The lowest BCUT2D eigenvalue weighted by atomic mass is 9.58. The minimum Gasteiger partial charge on any atom is -0.508 e. The molecule has 1 aliphatic carbocycles. The molecule has 212 valence electrons. The number of benzene rings is 1. The third-order valence-electron chi connectivity index (χ3n) is 8.25. The maximum Gasteiger partial charge on any atom is 0.455 e. The predicted molar refractivity (Wildman–Crippen MR) is 157 cm³/mol. The molecule has 2 N–H and O–H groups in total. The van der Waals surface area contributed by atoms with Gasteiger partial charge in [-0.25, -0.2) is 0 Å². The zero-order chi connectivity index (χ0) is 28.4. The van der Waals surface area contributed by atoms with E-state index in [0.29, 0.717) is 30.9 Å². The maximum absolute atomic E-state index is 13.7. The van der Waals surface area contributed by atoms with E-state index in [2.05, 4.69) is 13.0 Å². The first-order valence-corrected chi connectivity index (χ1v) is 15.2. The molecule has 40 heavy (non-hydrogen) atoms. The summed E-state index contributed by atoms with van der Waals surface area (Å²) < 4.78 is 11.7. The molecule has 2 aromatic rings. The molecule has 1 aromatic carbocycles. The fourth-order valence-electron chi connectivity index (χ4n) is 6.61. The predicted octanol–water partition coefficient (Wildman–Crippen LogP) is 5.71. The van der Waals surface area contributed by atoms with Crippen molar-refractivity contribution in [2.45, 2.75) is 58.0 Å². The third kappa shape index (κ3) is 5.95.